The average molecular weight is 199 g/mol. The molecule has 66 valence electrons. The molecule has 1 aromatic rings. The number of allylic oxidation sites excluding steroid dienone is 2. The van der Waals surface area contributed by atoms with Crippen LogP contribution in [0, 0.1) is 40.9 Å². The molecule has 3 nitrogen and oxygen atoms in total. The molecule has 1 heterocycles. The van der Waals surface area contributed by atoms with Crippen molar-refractivity contribution in [2.75, 3.05) is 0 Å². The Morgan fingerprint density at radius 3 is 2.14 bits per heavy atom. The van der Waals surface area contributed by atoms with Gasteiger partial charge < -0.3 is 0 Å². The van der Waals surface area contributed by atoms with Gasteiger partial charge in [0.05, 0.1) is 5.57 Å². The number of rotatable bonds is 1. The number of hydrogen-bond donors (Lipinski definition) is 0. The summed E-state index contributed by atoms with van der Waals surface area (Å²) in [6, 6.07) is 8.90. The lowest BCUT2D eigenvalue weighted by molar-refractivity contribution is 1.46. The fraction of sp³-hybridized carbons (Fsp3) is 0.100. The van der Waals surface area contributed by atoms with E-state index in [0.717, 1.165) is 4.88 Å². The number of nitriles is 3. The van der Waals surface area contributed by atoms with E-state index in [4.69, 9.17) is 15.8 Å². The highest BCUT2D eigenvalue weighted by Crippen LogP contribution is 2.25. The molecule has 4 heteroatoms. The Morgan fingerprint density at radius 2 is 1.79 bits per heavy atom. The van der Waals surface area contributed by atoms with Crippen LogP contribution in [-0.4, -0.2) is 0 Å². The minimum Gasteiger partial charge on any atom is -0.192 e. The van der Waals surface area contributed by atoms with Crippen molar-refractivity contribution in [3.8, 4) is 18.2 Å². The van der Waals surface area contributed by atoms with Crippen LogP contribution >= 0.6 is 11.3 Å². The van der Waals surface area contributed by atoms with Crippen LogP contribution in [0.15, 0.2) is 17.7 Å². The highest BCUT2D eigenvalue weighted by atomic mass is 32.1. The molecule has 0 aliphatic carbocycles. The van der Waals surface area contributed by atoms with Gasteiger partial charge in [-0.2, -0.15) is 15.8 Å². The second kappa shape index (κ2) is 4.23. The number of aryl methyl sites for hydroxylation is 1. The molecule has 0 aliphatic rings. The predicted octanol–water partition coefficient (Wildman–Crippen LogP) is 2.38. The predicted molar refractivity (Wildman–Crippen MR) is 52.8 cm³/mol. The monoisotopic (exact) mass is 199 g/mol. The first-order valence-electron chi connectivity index (χ1n) is 3.74. The highest BCUT2D eigenvalue weighted by molar-refractivity contribution is 7.13. The van der Waals surface area contributed by atoms with E-state index < -0.39 is 0 Å². The van der Waals surface area contributed by atoms with Crippen molar-refractivity contribution in [3.05, 3.63) is 27.5 Å². The molecule has 0 saturated heterocycles. The van der Waals surface area contributed by atoms with Crippen molar-refractivity contribution in [2.24, 2.45) is 0 Å². The van der Waals surface area contributed by atoms with Gasteiger partial charge in [0.2, 0.25) is 0 Å². The minimum absolute atomic E-state index is 0.130. The second-order valence-electron chi connectivity index (χ2n) is 2.50. The first kappa shape index (κ1) is 9.99. The molecule has 0 amide bonds. The molecule has 0 spiro atoms. The lowest BCUT2D eigenvalue weighted by Gasteiger charge is -1.91. The van der Waals surface area contributed by atoms with E-state index in [9.17, 15) is 0 Å². The third-order valence-corrected chi connectivity index (χ3v) is 2.59. The van der Waals surface area contributed by atoms with E-state index in [0.29, 0.717) is 4.88 Å². The summed E-state index contributed by atoms with van der Waals surface area (Å²) in [4.78, 5) is 1.71. The zero-order valence-corrected chi connectivity index (χ0v) is 8.22. The summed E-state index contributed by atoms with van der Waals surface area (Å²) >= 11 is 1.40. The van der Waals surface area contributed by atoms with Crippen LogP contribution < -0.4 is 0 Å². The molecule has 0 fully saturated rings. The standard InChI is InChI=1S/C10H5N3S/c1-7-2-3-10(14-7)9(6-13)8(4-11)5-12/h2-3H,1H3. The molecule has 0 atom stereocenters. The van der Waals surface area contributed by atoms with Gasteiger partial charge in [-0.1, -0.05) is 0 Å². The van der Waals surface area contributed by atoms with E-state index in [1.54, 1.807) is 18.2 Å². The maximum atomic E-state index is 8.82. The first-order valence-corrected chi connectivity index (χ1v) is 4.56. The lowest BCUT2D eigenvalue weighted by Crippen LogP contribution is -1.81. The fourth-order valence-electron chi connectivity index (χ4n) is 0.940. The third kappa shape index (κ3) is 1.80. The molecule has 1 aromatic heterocycles. The fourth-order valence-corrected chi connectivity index (χ4v) is 1.81. The number of nitrogens with zero attached hydrogens (tertiary/aromatic N) is 3. The molecule has 0 N–H and O–H groups in total. The van der Waals surface area contributed by atoms with Crippen LogP contribution in [0.1, 0.15) is 9.75 Å². The Kier molecular flexibility index (Phi) is 3.02. The van der Waals surface area contributed by atoms with Crippen molar-refractivity contribution in [1.82, 2.24) is 0 Å². The molecule has 14 heavy (non-hydrogen) atoms. The van der Waals surface area contributed by atoms with Gasteiger partial charge >= 0.3 is 0 Å². The maximum Gasteiger partial charge on any atom is 0.148 e. The van der Waals surface area contributed by atoms with Gasteiger partial charge in [-0.3, -0.25) is 0 Å². The molecule has 0 saturated carbocycles. The van der Waals surface area contributed by atoms with E-state index in [2.05, 4.69) is 0 Å². The molecule has 0 unspecified atom stereocenters. The van der Waals surface area contributed by atoms with Crippen LogP contribution in [0.5, 0.6) is 0 Å². The van der Waals surface area contributed by atoms with Crippen molar-refractivity contribution in [1.29, 1.82) is 15.8 Å². The van der Waals surface area contributed by atoms with Crippen molar-refractivity contribution in [2.45, 2.75) is 6.92 Å². The first-order chi connectivity index (χ1) is 6.72. The average Bonchev–Trinajstić information content (AvgIpc) is 2.60. The summed E-state index contributed by atoms with van der Waals surface area (Å²) in [5.41, 5.74) is 0.0300. The van der Waals surface area contributed by atoms with E-state index in [1.807, 2.05) is 19.1 Å². The van der Waals surface area contributed by atoms with Crippen molar-refractivity contribution in [3.63, 3.8) is 0 Å². The summed E-state index contributed by atoms with van der Waals surface area (Å²) in [5.74, 6) is 0. The molecule has 0 bridgehead atoms. The van der Waals surface area contributed by atoms with Gasteiger partial charge in [-0.25, -0.2) is 0 Å². The molecule has 0 aromatic carbocycles. The zero-order chi connectivity index (χ0) is 10.6. The van der Waals surface area contributed by atoms with Crippen LogP contribution in [0.2, 0.25) is 0 Å². The van der Waals surface area contributed by atoms with Gasteiger partial charge in [0.25, 0.3) is 0 Å². The maximum absolute atomic E-state index is 8.82. The van der Waals surface area contributed by atoms with E-state index >= 15 is 0 Å². The zero-order valence-electron chi connectivity index (χ0n) is 7.40. The summed E-state index contributed by atoms with van der Waals surface area (Å²) in [6.07, 6.45) is 0. The molecule has 0 radical (unpaired) electrons. The van der Waals surface area contributed by atoms with E-state index in [1.165, 1.54) is 11.3 Å². The van der Waals surface area contributed by atoms with Crippen LogP contribution in [0.25, 0.3) is 5.57 Å². The number of thiophene rings is 1. The normalized spacial score (nSPS) is 8.14. The summed E-state index contributed by atoms with van der Waals surface area (Å²) < 4.78 is 0. The molecule has 1 rings (SSSR count). The Morgan fingerprint density at radius 1 is 1.14 bits per heavy atom. The van der Waals surface area contributed by atoms with Crippen LogP contribution in [0.4, 0.5) is 0 Å². The lowest BCUT2D eigenvalue weighted by atomic mass is 10.1. The third-order valence-electron chi connectivity index (χ3n) is 1.57. The SMILES string of the molecule is Cc1ccc(C(C#N)=C(C#N)C#N)s1. The smallest absolute Gasteiger partial charge is 0.148 e. The second-order valence-corrected chi connectivity index (χ2v) is 3.78. The molecular weight excluding hydrogens is 194 g/mol. The largest absolute Gasteiger partial charge is 0.192 e. The summed E-state index contributed by atoms with van der Waals surface area (Å²) in [6.45, 7) is 1.90. The van der Waals surface area contributed by atoms with Gasteiger partial charge in [0.15, 0.2) is 0 Å². The quantitative estimate of drug-likeness (QED) is 0.652. The Hall–Kier alpha value is -2.09. The molecular formula is C10H5N3S. The van der Waals surface area contributed by atoms with Crippen molar-refractivity contribution >= 4 is 16.9 Å². The Balaban J connectivity index is 3.35. The molecule has 0 aliphatic heterocycles. The minimum atomic E-state index is -0.130. The van der Waals surface area contributed by atoms with Crippen molar-refractivity contribution < 1.29 is 0 Å². The summed E-state index contributed by atoms with van der Waals surface area (Å²) in [7, 11) is 0. The van der Waals surface area contributed by atoms with Crippen LogP contribution in [-0.2, 0) is 0 Å². The van der Waals surface area contributed by atoms with Gasteiger partial charge in [-0.15, -0.1) is 11.3 Å². The van der Waals surface area contributed by atoms with Crippen LogP contribution in [0.3, 0.4) is 0 Å². The van der Waals surface area contributed by atoms with Gasteiger partial charge in [0, 0.05) is 9.75 Å². The van der Waals surface area contributed by atoms with E-state index in [-0.39, 0.29) is 11.1 Å². The Labute approximate surface area is 85.7 Å². The summed E-state index contributed by atoms with van der Waals surface area (Å²) in [5, 5.41) is 26.1. The van der Waals surface area contributed by atoms with Gasteiger partial charge in [-0.05, 0) is 19.1 Å². The Bertz CT molecular complexity index is 487. The topological polar surface area (TPSA) is 71.4 Å². The van der Waals surface area contributed by atoms with Gasteiger partial charge in [0.1, 0.15) is 23.8 Å². The number of hydrogen-bond acceptors (Lipinski definition) is 4. The highest BCUT2D eigenvalue weighted by Gasteiger charge is 2.09.